The van der Waals surface area contributed by atoms with Crippen LogP contribution in [0.25, 0.3) is 0 Å². The summed E-state index contributed by atoms with van der Waals surface area (Å²) >= 11 is 3.50. The summed E-state index contributed by atoms with van der Waals surface area (Å²) in [6.45, 7) is 2.35. The van der Waals surface area contributed by atoms with Gasteiger partial charge in [0.1, 0.15) is 0 Å². The van der Waals surface area contributed by atoms with Crippen molar-refractivity contribution in [3.63, 3.8) is 0 Å². The summed E-state index contributed by atoms with van der Waals surface area (Å²) in [7, 11) is 4.36. The first-order valence-corrected chi connectivity index (χ1v) is 8.50. The number of aromatic nitrogens is 1. The van der Waals surface area contributed by atoms with Crippen LogP contribution in [0.4, 0.5) is 0 Å². The van der Waals surface area contributed by atoms with E-state index in [0.29, 0.717) is 0 Å². The van der Waals surface area contributed by atoms with Gasteiger partial charge in [0, 0.05) is 28.4 Å². The fraction of sp³-hybridized carbons (Fsp3) is 0.688. The number of likely N-dealkylation sites (N-methyl/N-ethyl adjacent to an activating group) is 1. The van der Waals surface area contributed by atoms with Crippen molar-refractivity contribution in [1.29, 1.82) is 0 Å². The molecule has 3 N–H and O–H groups in total. The maximum absolute atomic E-state index is 5.95. The number of hydrogen-bond acceptors (Lipinski definition) is 4. The average molecular weight is 355 g/mol. The van der Waals surface area contributed by atoms with Crippen molar-refractivity contribution in [2.75, 3.05) is 14.1 Å². The second-order valence-corrected chi connectivity index (χ2v) is 7.55. The van der Waals surface area contributed by atoms with Crippen LogP contribution in [0.15, 0.2) is 22.9 Å². The molecule has 0 aromatic carbocycles. The maximum atomic E-state index is 5.95. The van der Waals surface area contributed by atoms with E-state index in [2.05, 4.69) is 58.3 Å². The first-order valence-electron chi connectivity index (χ1n) is 7.71. The van der Waals surface area contributed by atoms with Gasteiger partial charge in [0.15, 0.2) is 0 Å². The standard InChI is InChI=1S/C16H27BrN4/c1-12-5-4-6-16(9-12,21(2)3)15(20-18)8-13-7-14(17)11-19-10-13/h7,10-12,15,20H,4-6,8-9,18H2,1-3H3. The highest BCUT2D eigenvalue weighted by Gasteiger charge is 2.43. The van der Waals surface area contributed by atoms with Crippen molar-refractivity contribution in [3.8, 4) is 0 Å². The summed E-state index contributed by atoms with van der Waals surface area (Å²) in [4.78, 5) is 6.64. The number of rotatable bonds is 5. The summed E-state index contributed by atoms with van der Waals surface area (Å²) in [6.07, 6.45) is 9.63. The molecule has 3 unspecified atom stereocenters. The number of nitrogens with one attached hydrogen (secondary N) is 1. The Morgan fingerprint density at radius 1 is 1.52 bits per heavy atom. The average Bonchev–Trinajstić information content (AvgIpc) is 2.44. The van der Waals surface area contributed by atoms with Crippen LogP contribution in [-0.4, -0.2) is 35.6 Å². The molecule has 0 radical (unpaired) electrons. The smallest absolute Gasteiger partial charge is 0.0435 e. The number of hydrogen-bond donors (Lipinski definition) is 2. The zero-order chi connectivity index (χ0) is 15.5. The predicted molar refractivity (Wildman–Crippen MR) is 90.8 cm³/mol. The molecule has 1 aliphatic rings. The molecule has 21 heavy (non-hydrogen) atoms. The van der Waals surface area contributed by atoms with Crippen LogP contribution in [0.3, 0.4) is 0 Å². The Hall–Kier alpha value is -0.490. The molecule has 118 valence electrons. The van der Waals surface area contributed by atoms with E-state index < -0.39 is 0 Å². The second kappa shape index (κ2) is 7.18. The minimum atomic E-state index is 0.120. The lowest BCUT2D eigenvalue weighted by molar-refractivity contribution is 0.0373. The van der Waals surface area contributed by atoms with Crippen molar-refractivity contribution >= 4 is 15.9 Å². The highest BCUT2D eigenvalue weighted by atomic mass is 79.9. The normalized spacial score (nSPS) is 27.8. The largest absolute Gasteiger partial charge is 0.302 e. The molecule has 0 saturated heterocycles. The minimum Gasteiger partial charge on any atom is -0.302 e. The Balaban J connectivity index is 2.23. The first kappa shape index (κ1) is 16.9. The molecule has 1 aromatic rings. The molecule has 1 heterocycles. The van der Waals surface area contributed by atoms with Crippen molar-refractivity contribution in [3.05, 3.63) is 28.5 Å². The van der Waals surface area contributed by atoms with E-state index in [-0.39, 0.29) is 11.6 Å². The molecular formula is C16H27BrN4. The van der Waals surface area contributed by atoms with Crippen molar-refractivity contribution in [2.24, 2.45) is 11.8 Å². The van der Waals surface area contributed by atoms with E-state index >= 15 is 0 Å². The second-order valence-electron chi connectivity index (χ2n) is 6.63. The van der Waals surface area contributed by atoms with E-state index in [1.165, 1.54) is 31.2 Å². The van der Waals surface area contributed by atoms with Crippen LogP contribution in [0.5, 0.6) is 0 Å². The van der Waals surface area contributed by atoms with E-state index in [9.17, 15) is 0 Å². The van der Waals surface area contributed by atoms with E-state index in [4.69, 9.17) is 5.84 Å². The Kier molecular flexibility index (Phi) is 5.77. The van der Waals surface area contributed by atoms with Gasteiger partial charge in [-0.15, -0.1) is 0 Å². The molecule has 1 aliphatic carbocycles. The van der Waals surface area contributed by atoms with Gasteiger partial charge in [0.05, 0.1) is 0 Å². The zero-order valence-electron chi connectivity index (χ0n) is 13.3. The van der Waals surface area contributed by atoms with Crippen molar-refractivity contribution in [1.82, 2.24) is 15.3 Å². The van der Waals surface area contributed by atoms with E-state index in [1.807, 2.05) is 12.4 Å². The quantitative estimate of drug-likeness (QED) is 0.630. The molecule has 5 heteroatoms. The fourth-order valence-corrected chi connectivity index (χ4v) is 4.22. The Bertz CT molecular complexity index is 465. The summed E-state index contributed by atoms with van der Waals surface area (Å²) in [5.74, 6) is 6.70. The number of halogens is 1. The predicted octanol–water partition coefficient (Wildman–Crippen LogP) is 2.73. The molecule has 1 saturated carbocycles. The number of nitrogens with zero attached hydrogens (tertiary/aromatic N) is 2. The van der Waals surface area contributed by atoms with Crippen LogP contribution < -0.4 is 11.3 Å². The van der Waals surface area contributed by atoms with Crippen LogP contribution in [0.2, 0.25) is 0 Å². The van der Waals surface area contributed by atoms with Gasteiger partial charge in [-0.2, -0.15) is 0 Å². The van der Waals surface area contributed by atoms with Gasteiger partial charge in [-0.25, -0.2) is 0 Å². The molecule has 0 bridgehead atoms. The van der Waals surface area contributed by atoms with Gasteiger partial charge in [-0.05, 0) is 66.8 Å². The summed E-state index contributed by atoms with van der Waals surface area (Å²) in [6, 6.07) is 2.36. The highest BCUT2D eigenvalue weighted by Crippen LogP contribution is 2.39. The highest BCUT2D eigenvalue weighted by molar-refractivity contribution is 9.10. The van der Waals surface area contributed by atoms with Gasteiger partial charge in [0.25, 0.3) is 0 Å². The Labute approximate surface area is 136 Å². The van der Waals surface area contributed by atoms with Gasteiger partial charge in [-0.3, -0.25) is 16.3 Å². The van der Waals surface area contributed by atoms with Gasteiger partial charge >= 0.3 is 0 Å². The minimum absolute atomic E-state index is 0.120. The first-order chi connectivity index (χ1) is 9.98. The molecule has 0 aliphatic heterocycles. The molecular weight excluding hydrogens is 328 g/mol. The SMILES string of the molecule is CC1CCCC(C(Cc2cncc(Br)c2)NN)(N(C)C)C1. The lowest BCUT2D eigenvalue weighted by atomic mass is 9.70. The molecule has 0 spiro atoms. The molecule has 4 nitrogen and oxygen atoms in total. The summed E-state index contributed by atoms with van der Waals surface area (Å²) in [5, 5.41) is 0. The van der Waals surface area contributed by atoms with Gasteiger partial charge in [0.2, 0.25) is 0 Å². The molecule has 3 atom stereocenters. The maximum Gasteiger partial charge on any atom is 0.0435 e. The molecule has 1 aromatic heterocycles. The third-order valence-corrected chi connectivity index (χ3v) is 5.38. The van der Waals surface area contributed by atoms with Crippen LogP contribution in [0.1, 0.15) is 38.2 Å². The number of hydrazine groups is 1. The third-order valence-electron chi connectivity index (χ3n) is 4.95. The fourth-order valence-electron chi connectivity index (χ4n) is 3.81. The van der Waals surface area contributed by atoms with Gasteiger partial charge in [-0.1, -0.05) is 19.8 Å². The van der Waals surface area contributed by atoms with Crippen LogP contribution in [0, 0.1) is 5.92 Å². The molecule has 1 fully saturated rings. The van der Waals surface area contributed by atoms with Crippen LogP contribution >= 0.6 is 15.9 Å². The number of nitrogens with two attached hydrogens (primary N) is 1. The van der Waals surface area contributed by atoms with E-state index in [1.54, 1.807) is 0 Å². The Morgan fingerprint density at radius 3 is 2.86 bits per heavy atom. The third kappa shape index (κ3) is 3.83. The Morgan fingerprint density at radius 2 is 2.29 bits per heavy atom. The summed E-state index contributed by atoms with van der Waals surface area (Å²) in [5.41, 5.74) is 4.43. The molecule has 2 rings (SSSR count). The topological polar surface area (TPSA) is 54.2 Å². The van der Waals surface area contributed by atoms with Gasteiger partial charge < -0.3 is 4.90 Å². The van der Waals surface area contributed by atoms with E-state index in [0.717, 1.165) is 16.8 Å². The lowest BCUT2D eigenvalue weighted by Crippen LogP contribution is -2.63. The number of pyridine rings is 1. The monoisotopic (exact) mass is 354 g/mol. The van der Waals surface area contributed by atoms with Crippen LogP contribution in [-0.2, 0) is 6.42 Å². The van der Waals surface area contributed by atoms with Crippen molar-refractivity contribution < 1.29 is 0 Å². The lowest BCUT2D eigenvalue weighted by Gasteiger charge is -2.50. The van der Waals surface area contributed by atoms with Crippen molar-refractivity contribution in [2.45, 2.75) is 50.6 Å². The zero-order valence-corrected chi connectivity index (χ0v) is 14.9. The molecule has 0 amide bonds. The summed E-state index contributed by atoms with van der Waals surface area (Å²) < 4.78 is 1.02.